The first-order valence-corrected chi connectivity index (χ1v) is 3.14. The van der Waals surface area contributed by atoms with E-state index in [4.69, 9.17) is 5.26 Å². The topological polar surface area (TPSA) is 36.7 Å². The Morgan fingerprint density at radius 3 is 2.89 bits per heavy atom. The molecule has 1 aromatic rings. The van der Waals surface area contributed by atoms with E-state index >= 15 is 0 Å². The van der Waals surface area contributed by atoms with Crippen LogP contribution < -0.4 is 0 Å². The summed E-state index contributed by atoms with van der Waals surface area (Å²) in [7, 11) is 0. The van der Waals surface area contributed by atoms with Gasteiger partial charge in [0, 0.05) is 10.7 Å². The second kappa shape index (κ2) is 2.60. The molecule has 0 aliphatic heterocycles. The van der Waals surface area contributed by atoms with Crippen molar-refractivity contribution in [2.24, 2.45) is 0 Å². The van der Waals surface area contributed by atoms with Gasteiger partial charge in [-0.1, -0.05) is 15.9 Å². The highest BCUT2D eigenvalue weighted by atomic mass is 79.9. The molecule has 0 saturated heterocycles. The lowest BCUT2D eigenvalue weighted by molar-refractivity contribution is 1.25. The standard InChI is InChI=1S/C6H3BrN2/c7-5-1-2-9-6(3-5)4-8/h1-3H/i4+1,8+1. The number of nitriles is 1. The quantitative estimate of drug-likeness (QED) is 0.455. The van der Waals surface area contributed by atoms with Gasteiger partial charge in [0.15, 0.2) is 0 Å². The normalized spacial score (nSPS) is 8.44. The molecular formula is C6H3BrN2. The van der Waals surface area contributed by atoms with E-state index in [1.54, 1.807) is 18.3 Å². The smallest absolute Gasteiger partial charge is 0.141 e. The van der Waals surface area contributed by atoms with Crippen LogP contribution in [0.25, 0.3) is 0 Å². The van der Waals surface area contributed by atoms with E-state index in [0.717, 1.165) is 4.47 Å². The molecule has 0 atom stereocenters. The van der Waals surface area contributed by atoms with E-state index in [-0.39, 0.29) is 0 Å². The highest BCUT2D eigenvalue weighted by molar-refractivity contribution is 9.10. The van der Waals surface area contributed by atoms with Crippen molar-refractivity contribution in [2.45, 2.75) is 0 Å². The first kappa shape index (κ1) is 6.24. The number of rotatable bonds is 0. The van der Waals surface area contributed by atoms with E-state index in [9.17, 15) is 0 Å². The van der Waals surface area contributed by atoms with E-state index in [2.05, 4.69) is 20.9 Å². The first-order chi connectivity index (χ1) is 4.33. The molecule has 0 aliphatic carbocycles. The summed E-state index contributed by atoms with van der Waals surface area (Å²) < 4.78 is 0.883. The molecule has 44 valence electrons. The van der Waals surface area contributed by atoms with E-state index in [1.165, 1.54) is 0 Å². The van der Waals surface area contributed by atoms with Crippen molar-refractivity contribution in [1.29, 1.82) is 5.26 Å². The minimum Gasteiger partial charge on any atom is -0.245 e. The number of nitrogens with zero attached hydrogens (tertiary/aromatic N) is 2. The molecule has 0 aliphatic rings. The number of aromatic nitrogens is 1. The monoisotopic (exact) mass is 184 g/mol. The SMILES string of the molecule is [15N]#[13C]c1cc(Br)ccn1. The fraction of sp³-hybridized carbons (Fsp3) is 0. The minimum absolute atomic E-state index is 0.435. The fourth-order valence-electron chi connectivity index (χ4n) is 0.466. The van der Waals surface area contributed by atoms with Gasteiger partial charge in [0.2, 0.25) is 0 Å². The van der Waals surface area contributed by atoms with Crippen LogP contribution >= 0.6 is 15.9 Å². The fourth-order valence-corrected chi connectivity index (χ4v) is 0.801. The summed E-state index contributed by atoms with van der Waals surface area (Å²) in [5.41, 5.74) is 0.435. The second-order valence-corrected chi connectivity index (χ2v) is 2.39. The maximum atomic E-state index is 8.33. The van der Waals surface area contributed by atoms with Crippen LogP contribution in [0.1, 0.15) is 5.69 Å². The van der Waals surface area contributed by atoms with E-state index in [1.807, 2.05) is 6.07 Å². The molecule has 1 heterocycles. The zero-order valence-corrected chi connectivity index (χ0v) is 6.09. The summed E-state index contributed by atoms with van der Waals surface area (Å²) in [5, 5.41) is 8.33. The van der Waals surface area contributed by atoms with Gasteiger partial charge in [0.1, 0.15) is 11.8 Å². The molecule has 9 heavy (non-hydrogen) atoms. The maximum Gasteiger partial charge on any atom is 0.141 e. The van der Waals surface area contributed by atoms with Crippen molar-refractivity contribution in [1.82, 2.24) is 4.98 Å². The molecular weight excluding hydrogens is 182 g/mol. The van der Waals surface area contributed by atoms with Crippen LogP contribution in [-0.2, 0) is 0 Å². The van der Waals surface area contributed by atoms with Crippen LogP contribution in [0.2, 0.25) is 0 Å². The van der Waals surface area contributed by atoms with Gasteiger partial charge in [-0.15, -0.1) is 0 Å². The lowest BCUT2D eigenvalue weighted by atomic mass is 10.4. The van der Waals surface area contributed by atoms with Crippen LogP contribution in [0.4, 0.5) is 0 Å². The number of halogens is 1. The van der Waals surface area contributed by atoms with Gasteiger partial charge < -0.3 is 0 Å². The van der Waals surface area contributed by atoms with Gasteiger partial charge >= 0.3 is 0 Å². The molecule has 2 nitrogen and oxygen atoms in total. The molecule has 0 radical (unpaired) electrons. The Kier molecular flexibility index (Phi) is 1.81. The molecule has 3 heteroatoms. The highest BCUT2D eigenvalue weighted by Crippen LogP contribution is 2.07. The Morgan fingerprint density at radius 1 is 1.67 bits per heavy atom. The molecule has 0 fully saturated rings. The summed E-state index contributed by atoms with van der Waals surface area (Å²) >= 11 is 3.21. The van der Waals surface area contributed by atoms with Gasteiger partial charge in [-0.2, -0.15) is 5.26 Å². The third-order valence-corrected chi connectivity index (χ3v) is 1.33. The van der Waals surface area contributed by atoms with Crippen LogP contribution in [0, 0.1) is 11.3 Å². The van der Waals surface area contributed by atoms with Crippen LogP contribution in [0.15, 0.2) is 22.8 Å². The summed E-state index contributed by atoms with van der Waals surface area (Å²) in [6.45, 7) is 0. The van der Waals surface area contributed by atoms with E-state index in [0.29, 0.717) is 5.69 Å². The van der Waals surface area contributed by atoms with Crippen molar-refractivity contribution in [2.75, 3.05) is 0 Å². The predicted octanol–water partition coefficient (Wildman–Crippen LogP) is 1.72. The van der Waals surface area contributed by atoms with Crippen molar-refractivity contribution < 1.29 is 0 Å². The van der Waals surface area contributed by atoms with Gasteiger partial charge in [0.05, 0.1) is 0 Å². The Labute approximate surface area is 61.3 Å². The maximum absolute atomic E-state index is 8.33. The summed E-state index contributed by atoms with van der Waals surface area (Å²) in [6, 6.07) is 5.37. The largest absolute Gasteiger partial charge is 0.245 e. The molecule has 1 rings (SSSR count). The molecule has 0 bridgehead atoms. The molecule has 0 unspecified atom stereocenters. The van der Waals surface area contributed by atoms with Crippen LogP contribution in [-0.4, -0.2) is 4.98 Å². The Morgan fingerprint density at radius 2 is 2.44 bits per heavy atom. The summed E-state index contributed by atoms with van der Waals surface area (Å²) in [6.07, 6.45) is 1.59. The molecule has 0 spiro atoms. The average Bonchev–Trinajstić information content (AvgIpc) is 1.88. The average molecular weight is 185 g/mol. The highest BCUT2D eigenvalue weighted by Gasteiger charge is 1.89. The zero-order chi connectivity index (χ0) is 6.69. The van der Waals surface area contributed by atoms with Crippen LogP contribution in [0.3, 0.4) is 0 Å². The number of pyridine rings is 1. The molecule has 0 amide bonds. The zero-order valence-electron chi connectivity index (χ0n) is 4.50. The second-order valence-electron chi connectivity index (χ2n) is 1.47. The summed E-state index contributed by atoms with van der Waals surface area (Å²) in [4.78, 5) is 3.77. The molecule has 1 aromatic heterocycles. The Balaban J connectivity index is 3.12. The Bertz CT molecular complexity index is 251. The van der Waals surface area contributed by atoms with Crippen molar-refractivity contribution in [3.63, 3.8) is 0 Å². The van der Waals surface area contributed by atoms with Crippen molar-refractivity contribution >= 4 is 15.9 Å². The molecule has 0 saturated carbocycles. The minimum atomic E-state index is 0.435. The van der Waals surface area contributed by atoms with Gasteiger partial charge in [-0.3, -0.25) is 0 Å². The lowest BCUT2D eigenvalue weighted by Gasteiger charge is -1.86. The van der Waals surface area contributed by atoms with Gasteiger partial charge in [-0.05, 0) is 12.1 Å². The summed E-state index contributed by atoms with van der Waals surface area (Å²) in [5.74, 6) is 0. The lowest BCUT2D eigenvalue weighted by Crippen LogP contribution is -1.78. The number of hydrogen-bond donors (Lipinski definition) is 0. The molecule has 0 aromatic carbocycles. The predicted molar refractivity (Wildman–Crippen MR) is 36.7 cm³/mol. The third kappa shape index (κ3) is 1.51. The van der Waals surface area contributed by atoms with Gasteiger partial charge in [0.25, 0.3) is 0 Å². The van der Waals surface area contributed by atoms with Crippen LogP contribution in [0.5, 0.6) is 0 Å². The third-order valence-electron chi connectivity index (χ3n) is 0.837. The Hall–Kier alpha value is -0.880. The van der Waals surface area contributed by atoms with Crippen molar-refractivity contribution in [3.8, 4) is 6.07 Å². The first-order valence-electron chi connectivity index (χ1n) is 2.34. The number of hydrogen-bond acceptors (Lipinski definition) is 2. The van der Waals surface area contributed by atoms with Crippen molar-refractivity contribution in [3.05, 3.63) is 28.5 Å². The van der Waals surface area contributed by atoms with E-state index < -0.39 is 0 Å². The van der Waals surface area contributed by atoms with Gasteiger partial charge in [-0.25, -0.2) is 4.98 Å². The molecule has 0 N–H and O–H groups in total.